The van der Waals surface area contributed by atoms with Gasteiger partial charge < -0.3 is 9.47 Å². The summed E-state index contributed by atoms with van der Waals surface area (Å²) in [6.45, 7) is 0.423. The zero-order chi connectivity index (χ0) is 17.5. The number of hydrogen-bond acceptors (Lipinski definition) is 7. The lowest BCUT2D eigenvalue weighted by Crippen LogP contribution is -2.09. The van der Waals surface area contributed by atoms with Gasteiger partial charge in [0.15, 0.2) is 0 Å². The SMILES string of the molecule is COc1ccc(-c2nc(CC(=O)OCCCc3cncs3)cs2)cc1. The molecule has 0 spiro atoms. The third-order valence-electron chi connectivity index (χ3n) is 3.53. The molecule has 0 atom stereocenters. The van der Waals surface area contributed by atoms with Crippen LogP contribution >= 0.6 is 22.7 Å². The summed E-state index contributed by atoms with van der Waals surface area (Å²) in [6.07, 6.45) is 3.74. The Labute approximate surface area is 154 Å². The normalized spacial score (nSPS) is 10.6. The summed E-state index contributed by atoms with van der Waals surface area (Å²) in [5, 5.41) is 2.79. The van der Waals surface area contributed by atoms with Gasteiger partial charge in [0.1, 0.15) is 10.8 Å². The van der Waals surface area contributed by atoms with Gasteiger partial charge in [-0.05, 0) is 37.1 Å². The first kappa shape index (κ1) is 17.6. The minimum atomic E-state index is -0.240. The molecule has 3 rings (SSSR count). The Kier molecular flexibility index (Phi) is 6.14. The molecular formula is C18H18N2O3S2. The Morgan fingerprint density at radius 2 is 2.04 bits per heavy atom. The Bertz CT molecular complexity index is 798. The van der Waals surface area contributed by atoms with E-state index in [2.05, 4.69) is 9.97 Å². The van der Waals surface area contributed by atoms with Crippen molar-refractivity contribution in [2.45, 2.75) is 19.3 Å². The number of thiazole rings is 2. The van der Waals surface area contributed by atoms with Gasteiger partial charge in [-0.1, -0.05) is 0 Å². The van der Waals surface area contributed by atoms with E-state index in [1.54, 1.807) is 18.4 Å². The minimum Gasteiger partial charge on any atom is -0.497 e. The first-order chi connectivity index (χ1) is 12.2. The standard InChI is InChI=1S/C18H18N2O3S2/c1-22-15-6-4-13(5-7-15)18-20-14(11-24-18)9-17(21)23-8-2-3-16-10-19-12-25-16/h4-7,10-12H,2-3,8-9H2,1H3. The molecule has 0 bridgehead atoms. The topological polar surface area (TPSA) is 61.3 Å². The van der Waals surface area contributed by atoms with Crippen LogP contribution in [0.1, 0.15) is 17.0 Å². The number of methoxy groups -OCH3 is 1. The lowest BCUT2D eigenvalue weighted by molar-refractivity contribution is -0.142. The fourth-order valence-corrected chi connectivity index (χ4v) is 3.72. The number of carbonyl (C=O) groups is 1. The van der Waals surface area contributed by atoms with Gasteiger partial charge >= 0.3 is 5.97 Å². The van der Waals surface area contributed by atoms with Crippen molar-refractivity contribution in [2.24, 2.45) is 0 Å². The molecule has 1 aromatic carbocycles. The van der Waals surface area contributed by atoms with Gasteiger partial charge in [-0.3, -0.25) is 9.78 Å². The van der Waals surface area contributed by atoms with Gasteiger partial charge in [-0.25, -0.2) is 4.98 Å². The highest BCUT2D eigenvalue weighted by Crippen LogP contribution is 2.25. The number of ether oxygens (including phenoxy) is 2. The van der Waals surface area contributed by atoms with Crippen molar-refractivity contribution >= 4 is 28.6 Å². The molecule has 0 saturated carbocycles. The van der Waals surface area contributed by atoms with Crippen LogP contribution in [0.25, 0.3) is 10.6 Å². The molecule has 0 aliphatic rings. The van der Waals surface area contributed by atoms with E-state index in [-0.39, 0.29) is 12.4 Å². The summed E-state index contributed by atoms with van der Waals surface area (Å²) in [6, 6.07) is 7.71. The number of aromatic nitrogens is 2. The van der Waals surface area contributed by atoms with Gasteiger partial charge in [0, 0.05) is 22.0 Å². The summed E-state index contributed by atoms with van der Waals surface area (Å²) in [4.78, 5) is 21.7. The van der Waals surface area contributed by atoms with Gasteiger partial charge in [-0.15, -0.1) is 22.7 Å². The average molecular weight is 374 g/mol. The number of rotatable bonds is 8. The number of hydrogen-bond donors (Lipinski definition) is 0. The van der Waals surface area contributed by atoms with Gasteiger partial charge in [0.25, 0.3) is 0 Å². The van der Waals surface area contributed by atoms with E-state index in [9.17, 15) is 4.79 Å². The molecule has 0 N–H and O–H groups in total. The minimum absolute atomic E-state index is 0.202. The fourth-order valence-electron chi connectivity index (χ4n) is 2.25. The molecule has 7 heteroatoms. The third-order valence-corrected chi connectivity index (χ3v) is 5.31. The highest BCUT2D eigenvalue weighted by Gasteiger charge is 2.10. The zero-order valence-corrected chi connectivity index (χ0v) is 15.4. The van der Waals surface area contributed by atoms with Crippen LogP contribution in [0.3, 0.4) is 0 Å². The van der Waals surface area contributed by atoms with Gasteiger partial charge in [0.2, 0.25) is 0 Å². The van der Waals surface area contributed by atoms with Gasteiger partial charge in [0.05, 0.1) is 31.3 Å². The largest absolute Gasteiger partial charge is 0.497 e. The average Bonchev–Trinajstić information content (AvgIpc) is 3.31. The molecule has 0 aliphatic carbocycles. The molecule has 2 heterocycles. The second kappa shape index (κ2) is 8.73. The molecule has 0 fully saturated rings. The number of benzene rings is 1. The Balaban J connectivity index is 1.46. The molecule has 0 radical (unpaired) electrons. The zero-order valence-electron chi connectivity index (χ0n) is 13.8. The van der Waals surface area contributed by atoms with Crippen LogP contribution in [0.5, 0.6) is 5.75 Å². The summed E-state index contributed by atoms with van der Waals surface area (Å²) in [7, 11) is 1.64. The van der Waals surface area contributed by atoms with Crippen LogP contribution in [-0.2, 0) is 22.4 Å². The van der Waals surface area contributed by atoms with Crippen molar-refractivity contribution in [3.63, 3.8) is 0 Å². The van der Waals surface area contributed by atoms with Crippen molar-refractivity contribution in [3.8, 4) is 16.3 Å². The molecule has 130 valence electrons. The summed E-state index contributed by atoms with van der Waals surface area (Å²) in [5.74, 6) is 0.568. The van der Waals surface area contributed by atoms with E-state index in [1.165, 1.54) is 16.2 Å². The maximum Gasteiger partial charge on any atom is 0.311 e. The van der Waals surface area contributed by atoms with Crippen molar-refractivity contribution in [3.05, 3.63) is 51.9 Å². The highest BCUT2D eigenvalue weighted by molar-refractivity contribution is 7.13. The molecular weight excluding hydrogens is 356 g/mol. The highest BCUT2D eigenvalue weighted by atomic mass is 32.1. The molecule has 3 aromatic rings. The van der Waals surface area contributed by atoms with E-state index in [0.717, 1.165) is 34.9 Å². The predicted molar refractivity (Wildman–Crippen MR) is 99.2 cm³/mol. The van der Waals surface area contributed by atoms with Crippen molar-refractivity contribution in [1.29, 1.82) is 0 Å². The molecule has 0 aliphatic heterocycles. The first-order valence-corrected chi connectivity index (χ1v) is 9.62. The van der Waals surface area contributed by atoms with E-state index < -0.39 is 0 Å². The Hall–Kier alpha value is -2.25. The van der Waals surface area contributed by atoms with Crippen LogP contribution in [0, 0.1) is 0 Å². The smallest absolute Gasteiger partial charge is 0.311 e. The predicted octanol–water partition coefficient (Wildman–Crippen LogP) is 3.99. The molecule has 5 nitrogen and oxygen atoms in total. The molecule has 0 amide bonds. The quantitative estimate of drug-likeness (QED) is 0.441. The maximum absolute atomic E-state index is 11.9. The van der Waals surface area contributed by atoms with Crippen LogP contribution in [0.2, 0.25) is 0 Å². The summed E-state index contributed by atoms with van der Waals surface area (Å²) < 4.78 is 10.4. The lowest BCUT2D eigenvalue weighted by Gasteiger charge is -2.03. The first-order valence-electron chi connectivity index (χ1n) is 7.86. The maximum atomic E-state index is 11.9. The Morgan fingerprint density at radius 3 is 2.76 bits per heavy atom. The van der Waals surface area contributed by atoms with E-state index in [1.807, 2.05) is 41.4 Å². The molecule has 0 unspecified atom stereocenters. The monoisotopic (exact) mass is 374 g/mol. The molecule has 0 saturated heterocycles. The number of nitrogens with zero attached hydrogens (tertiary/aromatic N) is 2. The van der Waals surface area contributed by atoms with E-state index >= 15 is 0 Å². The van der Waals surface area contributed by atoms with E-state index in [0.29, 0.717) is 6.61 Å². The number of esters is 1. The summed E-state index contributed by atoms with van der Waals surface area (Å²) >= 11 is 3.14. The van der Waals surface area contributed by atoms with Crippen LogP contribution < -0.4 is 4.74 Å². The third kappa shape index (κ3) is 5.11. The second-order valence-electron chi connectivity index (χ2n) is 5.34. The van der Waals surface area contributed by atoms with Crippen molar-refractivity contribution in [1.82, 2.24) is 9.97 Å². The van der Waals surface area contributed by atoms with Crippen molar-refractivity contribution < 1.29 is 14.3 Å². The molecule has 2 aromatic heterocycles. The summed E-state index contributed by atoms with van der Waals surface area (Å²) in [5.41, 5.74) is 3.56. The molecule has 25 heavy (non-hydrogen) atoms. The van der Waals surface area contributed by atoms with Crippen LogP contribution in [0.15, 0.2) is 41.4 Å². The number of carbonyl (C=O) groups excluding carboxylic acids is 1. The van der Waals surface area contributed by atoms with Crippen LogP contribution in [-0.4, -0.2) is 29.7 Å². The van der Waals surface area contributed by atoms with Gasteiger partial charge in [-0.2, -0.15) is 0 Å². The van der Waals surface area contributed by atoms with E-state index in [4.69, 9.17) is 9.47 Å². The fraction of sp³-hybridized carbons (Fsp3) is 0.278. The second-order valence-corrected chi connectivity index (χ2v) is 7.17. The lowest BCUT2D eigenvalue weighted by atomic mass is 10.2. The van der Waals surface area contributed by atoms with Crippen LogP contribution in [0.4, 0.5) is 0 Å². The number of aryl methyl sites for hydroxylation is 1. The van der Waals surface area contributed by atoms with Crippen molar-refractivity contribution in [2.75, 3.05) is 13.7 Å². The Morgan fingerprint density at radius 1 is 1.20 bits per heavy atom.